The number of anilines is 1. The monoisotopic (exact) mass is 344 g/mol. The van der Waals surface area contributed by atoms with Crippen molar-refractivity contribution in [3.8, 4) is 0 Å². The van der Waals surface area contributed by atoms with Crippen molar-refractivity contribution in [3.05, 3.63) is 51.1 Å². The Labute approximate surface area is 141 Å². The SMILES string of the molecule is CC(=O)NC(CC(=O)Nc1ccc2[nH]c(=O)[nH]c2c1)c1cccs1. The predicted octanol–water partition coefficient (Wildman–Crippen LogP) is 2.12. The lowest BCUT2D eigenvalue weighted by molar-refractivity contribution is -0.120. The molecule has 1 atom stereocenters. The van der Waals surface area contributed by atoms with Gasteiger partial charge in [0.05, 0.1) is 23.5 Å². The molecule has 0 aliphatic carbocycles. The number of imidazole rings is 1. The second-order valence-electron chi connectivity index (χ2n) is 5.36. The molecule has 0 aliphatic heterocycles. The number of hydrogen-bond donors (Lipinski definition) is 4. The van der Waals surface area contributed by atoms with Crippen molar-refractivity contribution in [1.82, 2.24) is 15.3 Å². The molecule has 7 nitrogen and oxygen atoms in total. The second-order valence-corrected chi connectivity index (χ2v) is 6.34. The van der Waals surface area contributed by atoms with Crippen LogP contribution in [-0.2, 0) is 9.59 Å². The van der Waals surface area contributed by atoms with Gasteiger partial charge in [0.15, 0.2) is 0 Å². The minimum Gasteiger partial charge on any atom is -0.348 e. The van der Waals surface area contributed by atoms with E-state index in [9.17, 15) is 14.4 Å². The van der Waals surface area contributed by atoms with Crippen LogP contribution in [0, 0.1) is 0 Å². The molecule has 0 saturated carbocycles. The molecule has 3 aromatic rings. The lowest BCUT2D eigenvalue weighted by atomic mass is 10.1. The number of thiophene rings is 1. The van der Waals surface area contributed by atoms with Crippen LogP contribution in [0.1, 0.15) is 24.3 Å². The molecule has 2 heterocycles. The van der Waals surface area contributed by atoms with Crippen LogP contribution < -0.4 is 16.3 Å². The van der Waals surface area contributed by atoms with Crippen LogP contribution in [0.5, 0.6) is 0 Å². The molecule has 1 aromatic carbocycles. The first kappa shape index (κ1) is 16.0. The summed E-state index contributed by atoms with van der Waals surface area (Å²) in [6.45, 7) is 1.43. The molecule has 2 aromatic heterocycles. The molecule has 0 aliphatic rings. The van der Waals surface area contributed by atoms with E-state index in [0.29, 0.717) is 16.7 Å². The Balaban J connectivity index is 1.72. The van der Waals surface area contributed by atoms with E-state index in [1.54, 1.807) is 18.2 Å². The quantitative estimate of drug-likeness (QED) is 0.569. The van der Waals surface area contributed by atoms with E-state index in [2.05, 4.69) is 20.6 Å². The molecule has 2 amide bonds. The molecule has 0 radical (unpaired) electrons. The van der Waals surface area contributed by atoms with E-state index >= 15 is 0 Å². The second kappa shape index (κ2) is 6.71. The summed E-state index contributed by atoms with van der Waals surface area (Å²) in [7, 11) is 0. The molecule has 0 saturated heterocycles. The van der Waals surface area contributed by atoms with Crippen LogP contribution >= 0.6 is 11.3 Å². The van der Waals surface area contributed by atoms with Crippen molar-refractivity contribution in [2.45, 2.75) is 19.4 Å². The Hall–Kier alpha value is -2.87. The number of hydrogen-bond acceptors (Lipinski definition) is 4. The minimum absolute atomic E-state index is 0.127. The Bertz CT molecular complexity index is 926. The minimum atomic E-state index is -0.363. The van der Waals surface area contributed by atoms with Gasteiger partial charge in [-0.25, -0.2) is 4.79 Å². The Morgan fingerprint density at radius 3 is 2.71 bits per heavy atom. The van der Waals surface area contributed by atoms with Crippen LogP contribution in [0.25, 0.3) is 11.0 Å². The molecule has 4 N–H and O–H groups in total. The standard InChI is InChI=1S/C16H16N4O3S/c1-9(21)17-13(14-3-2-6-24-14)8-15(22)18-10-4-5-11-12(7-10)20-16(23)19-11/h2-7,13H,8H2,1H3,(H,17,21)(H,18,22)(H2,19,20,23). The van der Waals surface area contributed by atoms with Crippen molar-refractivity contribution >= 4 is 39.9 Å². The van der Waals surface area contributed by atoms with E-state index < -0.39 is 0 Å². The molecule has 124 valence electrons. The third-order valence-corrected chi connectivity index (χ3v) is 4.44. The average Bonchev–Trinajstić information content (AvgIpc) is 3.13. The molecule has 1 unspecified atom stereocenters. The Morgan fingerprint density at radius 1 is 1.21 bits per heavy atom. The predicted molar refractivity (Wildman–Crippen MR) is 93.0 cm³/mol. The van der Waals surface area contributed by atoms with Crippen LogP contribution in [0.15, 0.2) is 40.5 Å². The van der Waals surface area contributed by atoms with Crippen molar-refractivity contribution in [2.24, 2.45) is 0 Å². The van der Waals surface area contributed by atoms with Crippen LogP contribution in [0.4, 0.5) is 5.69 Å². The maximum absolute atomic E-state index is 12.3. The molecule has 0 spiro atoms. The summed E-state index contributed by atoms with van der Waals surface area (Å²) >= 11 is 1.49. The molecular formula is C16H16N4O3S. The van der Waals surface area contributed by atoms with Gasteiger partial charge in [-0.05, 0) is 29.6 Å². The normalized spacial score (nSPS) is 12.0. The van der Waals surface area contributed by atoms with Gasteiger partial charge >= 0.3 is 5.69 Å². The number of rotatable bonds is 5. The number of nitrogens with one attached hydrogen (secondary N) is 4. The zero-order valence-electron chi connectivity index (χ0n) is 12.9. The highest BCUT2D eigenvalue weighted by molar-refractivity contribution is 7.10. The molecule has 8 heteroatoms. The fraction of sp³-hybridized carbons (Fsp3) is 0.188. The molecule has 0 fully saturated rings. The van der Waals surface area contributed by atoms with E-state index in [1.165, 1.54) is 18.3 Å². The fourth-order valence-electron chi connectivity index (χ4n) is 2.47. The van der Waals surface area contributed by atoms with Gasteiger partial charge in [-0.15, -0.1) is 11.3 Å². The highest BCUT2D eigenvalue weighted by Crippen LogP contribution is 2.23. The van der Waals surface area contributed by atoms with Gasteiger partial charge in [-0.3, -0.25) is 9.59 Å². The maximum atomic E-state index is 12.3. The highest BCUT2D eigenvalue weighted by atomic mass is 32.1. The zero-order chi connectivity index (χ0) is 17.1. The number of benzene rings is 1. The molecular weight excluding hydrogens is 328 g/mol. The van der Waals surface area contributed by atoms with Crippen LogP contribution in [-0.4, -0.2) is 21.8 Å². The van der Waals surface area contributed by atoms with Gasteiger partial charge in [0.2, 0.25) is 11.8 Å². The van der Waals surface area contributed by atoms with E-state index in [4.69, 9.17) is 0 Å². The van der Waals surface area contributed by atoms with Gasteiger partial charge < -0.3 is 20.6 Å². The summed E-state index contributed by atoms with van der Waals surface area (Å²) in [5, 5.41) is 7.48. The van der Waals surface area contributed by atoms with E-state index in [-0.39, 0.29) is 30.0 Å². The Morgan fingerprint density at radius 2 is 2.00 bits per heavy atom. The molecule has 0 bridgehead atoms. The topological polar surface area (TPSA) is 107 Å². The summed E-state index contributed by atoms with van der Waals surface area (Å²) in [5.41, 5.74) is 1.58. The van der Waals surface area contributed by atoms with Crippen molar-refractivity contribution < 1.29 is 9.59 Å². The largest absolute Gasteiger partial charge is 0.348 e. The third kappa shape index (κ3) is 3.72. The highest BCUT2D eigenvalue weighted by Gasteiger charge is 2.18. The van der Waals surface area contributed by atoms with Crippen molar-refractivity contribution in [2.75, 3.05) is 5.32 Å². The van der Waals surface area contributed by atoms with Gasteiger partial charge in [-0.1, -0.05) is 6.07 Å². The number of amides is 2. The molecule has 3 rings (SSSR count). The number of H-pyrrole nitrogens is 2. The lowest BCUT2D eigenvalue weighted by Crippen LogP contribution is -2.29. The summed E-state index contributed by atoms with van der Waals surface area (Å²) in [6.07, 6.45) is 0.127. The third-order valence-electron chi connectivity index (χ3n) is 3.45. The summed E-state index contributed by atoms with van der Waals surface area (Å²) in [4.78, 5) is 41.1. The average molecular weight is 344 g/mol. The number of aromatic nitrogens is 2. The summed E-state index contributed by atoms with van der Waals surface area (Å²) < 4.78 is 0. The zero-order valence-corrected chi connectivity index (χ0v) is 13.7. The first-order valence-corrected chi connectivity index (χ1v) is 8.21. The smallest absolute Gasteiger partial charge is 0.323 e. The fourth-order valence-corrected chi connectivity index (χ4v) is 3.24. The van der Waals surface area contributed by atoms with Crippen molar-refractivity contribution in [3.63, 3.8) is 0 Å². The summed E-state index contributed by atoms with van der Waals surface area (Å²) in [6, 6.07) is 8.51. The van der Waals surface area contributed by atoms with E-state index in [0.717, 1.165) is 4.88 Å². The summed E-state index contributed by atoms with van der Waals surface area (Å²) in [5.74, 6) is -0.410. The van der Waals surface area contributed by atoms with Crippen LogP contribution in [0.2, 0.25) is 0 Å². The number of carbonyl (C=O) groups is 2. The first-order valence-electron chi connectivity index (χ1n) is 7.33. The number of fused-ring (bicyclic) bond motifs is 1. The number of aromatic amines is 2. The van der Waals surface area contributed by atoms with Crippen LogP contribution in [0.3, 0.4) is 0 Å². The first-order chi connectivity index (χ1) is 11.5. The van der Waals surface area contributed by atoms with Gasteiger partial charge in [0, 0.05) is 17.5 Å². The van der Waals surface area contributed by atoms with Gasteiger partial charge in [0.25, 0.3) is 0 Å². The Kier molecular flexibility index (Phi) is 4.48. The van der Waals surface area contributed by atoms with Gasteiger partial charge in [-0.2, -0.15) is 0 Å². The molecule has 24 heavy (non-hydrogen) atoms. The van der Waals surface area contributed by atoms with E-state index in [1.807, 2.05) is 17.5 Å². The van der Waals surface area contributed by atoms with Gasteiger partial charge in [0.1, 0.15) is 0 Å². The van der Waals surface area contributed by atoms with Crippen molar-refractivity contribution in [1.29, 1.82) is 0 Å². The maximum Gasteiger partial charge on any atom is 0.323 e. The number of carbonyl (C=O) groups excluding carboxylic acids is 2. The lowest BCUT2D eigenvalue weighted by Gasteiger charge is -2.16.